The van der Waals surface area contributed by atoms with Crippen molar-refractivity contribution < 1.29 is 12.8 Å². The average molecular weight is 390 g/mol. The Morgan fingerprint density at radius 1 is 1.19 bits per heavy atom. The first-order valence-electron chi connectivity index (χ1n) is 8.65. The highest BCUT2D eigenvalue weighted by Gasteiger charge is 2.45. The summed E-state index contributed by atoms with van der Waals surface area (Å²) in [5.41, 5.74) is 1.30. The molecule has 0 aromatic heterocycles. The standard InChI is InChI=1S/C19H23FN4O2S/c1-22-18(23-12-14-5-4-6-15(11-14)27(21,25)26)24-13-19(9-10-19)16-7-2-3-8-17(16)20/h2-8,11H,9-10,12-13H2,1H3,(H2,21,25,26)(H2,22,23,24). The van der Waals surface area contributed by atoms with Gasteiger partial charge in [0.2, 0.25) is 10.0 Å². The van der Waals surface area contributed by atoms with E-state index in [1.54, 1.807) is 25.2 Å². The molecule has 1 aliphatic rings. The van der Waals surface area contributed by atoms with Gasteiger partial charge in [-0.25, -0.2) is 17.9 Å². The summed E-state index contributed by atoms with van der Waals surface area (Å²) >= 11 is 0. The average Bonchev–Trinajstić information content (AvgIpc) is 3.43. The van der Waals surface area contributed by atoms with Gasteiger partial charge in [-0.2, -0.15) is 0 Å². The molecule has 8 heteroatoms. The molecule has 0 unspecified atom stereocenters. The lowest BCUT2D eigenvalue weighted by Gasteiger charge is -2.19. The first-order chi connectivity index (χ1) is 12.8. The summed E-state index contributed by atoms with van der Waals surface area (Å²) in [6, 6.07) is 13.3. The van der Waals surface area contributed by atoms with Crippen molar-refractivity contribution in [2.75, 3.05) is 13.6 Å². The first-order valence-corrected chi connectivity index (χ1v) is 10.2. The van der Waals surface area contributed by atoms with Crippen molar-refractivity contribution in [3.63, 3.8) is 0 Å². The largest absolute Gasteiger partial charge is 0.356 e. The van der Waals surface area contributed by atoms with Gasteiger partial charge in [-0.3, -0.25) is 4.99 Å². The highest BCUT2D eigenvalue weighted by Crippen LogP contribution is 2.48. The second-order valence-electron chi connectivity index (χ2n) is 6.73. The molecule has 0 atom stereocenters. The molecule has 1 saturated carbocycles. The maximum Gasteiger partial charge on any atom is 0.238 e. The van der Waals surface area contributed by atoms with Crippen LogP contribution in [0.4, 0.5) is 4.39 Å². The smallest absolute Gasteiger partial charge is 0.238 e. The predicted octanol–water partition coefficient (Wildman–Crippen LogP) is 1.87. The van der Waals surface area contributed by atoms with Gasteiger partial charge in [0.25, 0.3) is 0 Å². The van der Waals surface area contributed by atoms with E-state index in [1.807, 2.05) is 12.1 Å². The van der Waals surface area contributed by atoms with Crippen LogP contribution in [0.2, 0.25) is 0 Å². The summed E-state index contributed by atoms with van der Waals surface area (Å²) in [6.45, 7) is 0.959. The second kappa shape index (κ2) is 7.66. The molecule has 0 bridgehead atoms. The Morgan fingerprint density at radius 3 is 2.56 bits per heavy atom. The van der Waals surface area contributed by atoms with E-state index in [-0.39, 0.29) is 16.1 Å². The highest BCUT2D eigenvalue weighted by molar-refractivity contribution is 7.89. The van der Waals surface area contributed by atoms with E-state index in [2.05, 4.69) is 15.6 Å². The Hall–Kier alpha value is -2.45. The Kier molecular flexibility index (Phi) is 5.48. The summed E-state index contributed by atoms with van der Waals surface area (Å²) in [6.07, 6.45) is 1.85. The van der Waals surface area contributed by atoms with E-state index in [4.69, 9.17) is 5.14 Å². The molecule has 0 heterocycles. The third kappa shape index (κ3) is 4.64. The SMILES string of the molecule is CN=C(NCc1cccc(S(N)(=O)=O)c1)NCC1(c2ccccc2F)CC1. The molecular formula is C19H23FN4O2S. The molecule has 2 aromatic carbocycles. The van der Waals surface area contributed by atoms with Gasteiger partial charge in [0.05, 0.1) is 4.90 Å². The number of nitrogens with zero attached hydrogens (tertiary/aromatic N) is 1. The molecule has 1 aliphatic carbocycles. The summed E-state index contributed by atoms with van der Waals surface area (Å²) in [4.78, 5) is 4.25. The number of guanidine groups is 1. The van der Waals surface area contributed by atoms with Gasteiger partial charge in [-0.15, -0.1) is 0 Å². The van der Waals surface area contributed by atoms with Gasteiger partial charge in [0.15, 0.2) is 5.96 Å². The van der Waals surface area contributed by atoms with Gasteiger partial charge < -0.3 is 10.6 Å². The van der Waals surface area contributed by atoms with Crippen LogP contribution in [0.5, 0.6) is 0 Å². The van der Waals surface area contributed by atoms with E-state index in [9.17, 15) is 12.8 Å². The van der Waals surface area contributed by atoms with Crippen LogP contribution in [-0.4, -0.2) is 28.0 Å². The van der Waals surface area contributed by atoms with Gasteiger partial charge >= 0.3 is 0 Å². The first kappa shape index (κ1) is 19.3. The monoisotopic (exact) mass is 390 g/mol. The molecule has 0 amide bonds. The summed E-state index contributed by atoms with van der Waals surface area (Å²) in [5, 5.41) is 11.5. The van der Waals surface area contributed by atoms with Gasteiger partial charge in [-0.1, -0.05) is 30.3 Å². The Balaban J connectivity index is 1.60. The minimum Gasteiger partial charge on any atom is -0.356 e. The summed E-state index contributed by atoms with van der Waals surface area (Å²) in [5.74, 6) is 0.387. The molecule has 1 fully saturated rings. The van der Waals surface area contributed by atoms with E-state index in [0.29, 0.717) is 19.0 Å². The van der Waals surface area contributed by atoms with Crippen LogP contribution < -0.4 is 15.8 Å². The minimum atomic E-state index is -3.73. The molecule has 6 nitrogen and oxygen atoms in total. The highest BCUT2D eigenvalue weighted by atomic mass is 32.2. The van der Waals surface area contributed by atoms with Crippen LogP contribution in [-0.2, 0) is 22.0 Å². The van der Waals surface area contributed by atoms with Gasteiger partial charge in [-0.05, 0) is 42.2 Å². The number of sulfonamides is 1. The fraction of sp³-hybridized carbons (Fsp3) is 0.316. The molecule has 3 rings (SSSR count). The van der Waals surface area contributed by atoms with Crippen molar-refractivity contribution >= 4 is 16.0 Å². The van der Waals surface area contributed by atoms with Crippen molar-refractivity contribution in [3.8, 4) is 0 Å². The Labute approximate surface area is 158 Å². The number of rotatable bonds is 6. The third-order valence-corrected chi connectivity index (χ3v) is 5.71. The number of nitrogens with two attached hydrogens (primary N) is 1. The molecule has 0 radical (unpaired) electrons. The molecule has 0 saturated heterocycles. The van der Waals surface area contributed by atoms with Crippen LogP contribution in [0.15, 0.2) is 58.4 Å². The number of halogens is 1. The molecular weight excluding hydrogens is 367 g/mol. The number of aliphatic imine (C=N–C) groups is 1. The third-order valence-electron chi connectivity index (χ3n) is 4.80. The molecule has 144 valence electrons. The number of hydrogen-bond acceptors (Lipinski definition) is 3. The van der Waals surface area contributed by atoms with Crippen molar-refractivity contribution in [2.45, 2.75) is 29.7 Å². The van der Waals surface area contributed by atoms with Gasteiger partial charge in [0.1, 0.15) is 5.82 Å². The zero-order chi connectivity index (χ0) is 19.5. The lowest BCUT2D eigenvalue weighted by molar-refractivity contribution is 0.559. The van der Waals surface area contributed by atoms with Crippen molar-refractivity contribution in [3.05, 3.63) is 65.5 Å². The Morgan fingerprint density at radius 2 is 1.93 bits per heavy atom. The van der Waals surface area contributed by atoms with E-state index >= 15 is 0 Å². The maximum atomic E-state index is 14.1. The molecule has 2 aromatic rings. The lowest BCUT2D eigenvalue weighted by atomic mass is 9.95. The number of nitrogens with one attached hydrogen (secondary N) is 2. The summed E-state index contributed by atoms with van der Waals surface area (Å²) in [7, 11) is -2.08. The van der Waals surface area contributed by atoms with E-state index in [0.717, 1.165) is 24.0 Å². The summed E-state index contributed by atoms with van der Waals surface area (Å²) < 4.78 is 37.0. The predicted molar refractivity (Wildman–Crippen MR) is 103 cm³/mol. The molecule has 0 spiro atoms. The van der Waals surface area contributed by atoms with Crippen LogP contribution in [0.25, 0.3) is 0 Å². The zero-order valence-corrected chi connectivity index (χ0v) is 15.9. The number of hydrogen-bond donors (Lipinski definition) is 3. The van der Waals surface area contributed by atoms with Crippen LogP contribution in [0.1, 0.15) is 24.0 Å². The maximum absolute atomic E-state index is 14.1. The number of benzene rings is 2. The number of primary sulfonamides is 1. The van der Waals surface area contributed by atoms with Crippen LogP contribution >= 0.6 is 0 Å². The zero-order valence-electron chi connectivity index (χ0n) is 15.1. The second-order valence-corrected chi connectivity index (χ2v) is 8.29. The lowest BCUT2D eigenvalue weighted by Crippen LogP contribution is -2.41. The van der Waals surface area contributed by atoms with Crippen molar-refractivity contribution in [1.82, 2.24) is 10.6 Å². The topological polar surface area (TPSA) is 96.6 Å². The van der Waals surface area contributed by atoms with Crippen LogP contribution in [0, 0.1) is 5.82 Å². The molecule has 0 aliphatic heterocycles. The van der Waals surface area contributed by atoms with Crippen molar-refractivity contribution in [2.24, 2.45) is 10.1 Å². The van der Waals surface area contributed by atoms with E-state index < -0.39 is 10.0 Å². The fourth-order valence-electron chi connectivity index (χ4n) is 3.08. The molecule has 27 heavy (non-hydrogen) atoms. The fourth-order valence-corrected chi connectivity index (χ4v) is 3.66. The van der Waals surface area contributed by atoms with Gasteiger partial charge in [0, 0.05) is 25.6 Å². The molecule has 4 N–H and O–H groups in total. The normalized spacial score (nSPS) is 16.0. The van der Waals surface area contributed by atoms with Crippen LogP contribution in [0.3, 0.4) is 0 Å². The quantitative estimate of drug-likeness (QED) is 0.518. The van der Waals surface area contributed by atoms with Crippen molar-refractivity contribution in [1.29, 1.82) is 0 Å². The van der Waals surface area contributed by atoms with E-state index in [1.165, 1.54) is 18.2 Å². The minimum absolute atomic E-state index is 0.0706. The Bertz CT molecular complexity index is 956.